The number of hydrogen-bond acceptors (Lipinski definition) is 11. The molecular weight excluding hydrogens is 804 g/mol. The minimum Gasteiger partial charge on any atom is -0.495 e. The molecule has 1 aliphatic carbocycles. The maximum absolute atomic E-state index is 15.4. The Morgan fingerprint density at radius 3 is 2.47 bits per heavy atom. The van der Waals surface area contributed by atoms with Crippen molar-refractivity contribution in [1.82, 2.24) is 25.5 Å². The number of hydrogen-bond donors (Lipinski definition) is 3. The minimum absolute atomic E-state index is 0.0787. The maximum Gasteiger partial charge on any atom is 0.342 e. The lowest BCUT2D eigenvalue weighted by Crippen LogP contribution is -2.55. The van der Waals surface area contributed by atoms with E-state index >= 15 is 4.39 Å². The molecule has 14 nitrogen and oxygen atoms in total. The summed E-state index contributed by atoms with van der Waals surface area (Å²) < 4.78 is 50.6. The van der Waals surface area contributed by atoms with E-state index in [9.17, 15) is 28.0 Å². The normalized spacial score (nSPS) is 24.0. The van der Waals surface area contributed by atoms with Crippen molar-refractivity contribution in [2.45, 2.75) is 89.6 Å². The van der Waals surface area contributed by atoms with Gasteiger partial charge in [0.15, 0.2) is 5.82 Å². The van der Waals surface area contributed by atoms with Crippen LogP contribution in [0.1, 0.15) is 87.6 Å². The average molecular weight is 860 g/mol. The van der Waals surface area contributed by atoms with E-state index in [-0.39, 0.29) is 64.9 Å². The minimum atomic E-state index is -3.60. The molecule has 4 aliphatic heterocycles. The second-order valence-electron chi connectivity index (χ2n) is 18.3. The number of fused-ring (bicyclic) bond motifs is 1. The second-order valence-corrected chi connectivity index (χ2v) is 18.3. The van der Waals surface area contributed by atoms with Crippen LogP contribution < -0.4 is 35.4 Å². The fraction of sp³-hybridized carbons (Fsp3) is 0.556. The number of alkyl halides is 2. The molecule has 1 saturated carbocycles. The highest BCUT2D eigenvalue weighted by molar-refractivity contribution is 6.02. The number of nitrogens with one attached hydrogen (secondary N) is 3. The van der Waals surface area contributed by atoms with Gasteiger partial charge in [0.05, 0.1) is 37.1 Å². The molecule has 5 aliphatic rings. The number of likely N-dealkylation sites (tertiary alicyclic amines) is 1. The fourth-order valence-corrected chi connectivity index (χ4v) is 10.1. The molecule has 3 atom stereocenters. The van der Waals surface area contributed by atoms with E-state index in [2.05, 4.69) is 42.6 Å². The van der Waals surface area contributed by atoms with Gasteiger partial charge in [0, 0.05) is 50.7 Å². The van der Waals surface area contributed by atoms with E-state index in [0.717, 1.165) is 69.7 Å². The number of benzene rings is 2. The topological polar surface area (TPSA) is 152 Å². The molecule has 3 aromatic rings. The van der Waals surface area contributed by atoms with Gasteiger partial charge in [-0.3, -0.25) is 24.5 Å². The third kappa shape index (κ3) is 8.64. The van der Waals surface area contributed by atoms with Crippen LogP contribution >= 0.6 is 0 Å². The summed E-state index contributed by atoms with van der Waals surface area (Å²) in [5, 5.41) is 8.66. The Kier molecular flexibility index (Phi) is 11.9. The highest BCUT2D eigenvalue weighted by Crippen LogP contribution is 2.49. The molecule has 0 bridgehead atoms. The Morgan fingerprint density at radius 1 is 1.03 bits per heavy atom. The number of piperidine rings is 3. The lowest BCUT2D eigenvalue weighted by atomic mass is 9.60. The van der Waals surface area contributed by atoms with Crippen LogP contribution in [-0.2, 0) is 14.4 Å². The Hall–Kier alpha value is -5.45. The standard InChI is InChI=1S/C45H56F3N9O5/c1-26(2)57-25-45(47,48)42(61)54(4)36-22-49-43(53-39(36)57)51-34-9-6-29(19-37(34)62-5)40(59)50-31-20-44(21-31)13-16-55(17-14-44)24-30-12-15-56(23-27(30)3)35-10-7-28(18-33(35)46)32-8-11-38(58)52-41(32)60/h6-7,9-10,18-19,22,26-27,30-32H,8,11-17,20-21,23-25H2,1-5H3,(H,50,59)(H,49,51,53)(H,52,58,60). The smallest absolute Gasteiger partial charge is 0.342 e. The molecule has 1 spiro atoms. The van der Waals surface area contributed by atoms with E-state index < -0.39 is 24.3 Å². The van der Waals surface area contributed by atoms with Gasteiger partial charge in [-0.2, -0.15) is 13.8 Å². The fourth-order valence-electron chi connectivity index (χ4n) is 10.1. The largest absolute Gasteiger partial charge is 0.495 e. The van der Waals surface area contributed by atoms with Gasteiger partial charge in [-0.1, -0.05) is 13.0 Å². The number of aromatic nitrogens is 2. The third-order valence-corrected chi connectivity index (χ3v) is 13.8. The first-order valence-corrected chi connectivity index (χ1v) is 21.7. The molecule has 2 aromatic carbocycles. The molecule has 3 saturated heterocycles. The molecule has 17 heteroatoms. The van der Waals surface area contributed by atoms with E-state index in [1.807, 2.05) is 6.07 Å². The molecule has 3 unspecified atom stereocenters. The number of ether oxygens (including phenoxy) is 1. The van der Waals surface area contributed by atoms with E-state index in [1.54, 1.807) is 38.1 Å². The number of carbonyl (C=O) groups excluding carboxylic acids is 4. The monoisotopic (exact) mass is 859 g/mol. The Morgan fingerprint density at radius 2 is 1.79 bits per heavy atom. The summed E-state index contributed by atoms with van der Waals surface area (Å²) >= 11 is 0. The van der Waals surface area contributed by atoms with Crippen molar-refractivity contribution < 1.29 is 37.1 Å². The first-order valence-electron chi connectivity index (χ1n) is 21.7. The molecular formula is C45H56F3N9O5. The van der Waals surface area contributed by atoms with Crippen molar-refractivity contribution in [2.24, 2.45) is 17.3 Å². The van der Waals surface area contributed by atoms with Crippen molar-refractivity contribution >= 4 is 52.5 Å². The van der Waals surface area contributed by atoms with Gasteiger partial charge in [-0.05, 0) is 119 Å². The van der Waals surface area contributed by atoms with Gasteiger partial charge in [0.25, 0.3) is 11.8 Å². The van der Waals surface area contributed by atoms with Gasteiger partial charge in [-0.25, -0.2) is 9.37 Å². The molecule has 4 amide bonds. The third-order valence-electron chi connectivity index (χ3n) is 13.8. The summed E-state index contributed by atoms with van der Waals surface area (Å²) in [6.45, 7) is 9.51. The van der Waals surface area contributed by atoms with Crippen LogP contribution in [0.2, 0.25) is 0 Å². The average Bonchev–Trinajstić information content (AvgIpc) is 3.30. The molecule has 8 rings (SSSR count). The van der Waals surface area contributed by atoms with Gasteiger partial charge in [-0.15, -0.1) is 0 Å². The van der Waals surface area contributed by atoms with Crippen molar-refractivity contribution in [3.05, 3.63) is 59.5 Å². The number of nitrogens with zero attached hydrogens (tertiary/aromatic N) is 6. The predicted molar refractivity (Wildman–Crippen MR) is 229 cm³/mol. The Labute approximate surface area is 359 Å². The lowest BCUT2D eigenvalue weighted by Gasteiger charge is -2.53. The van der Waals surface area contributed by atoms with Gasteiger partial charge in [0.1, 0.15) is 17.3 Å². The van der Waals surface area contributed by atoms with Crippen molar-refractivity contribution in [3.63, 3.8) is 0 Å². The predicted octanol–water partition coefficient (Wildman–Crippen LogP) is 5.85. The first-order chi connectivity index (χ1) is 29.5. The molecule has 3 N–H and O–H groups in total. The molecule has 62 heavy (non-hydrogen) atoms. The van der Waals surface area contributed by atoms with E-state index in [1.165, 1.54) is 31.3 Å². The number of amides is 4. The van der Waals surface area contributed by atoms with Crippen LogP contribution in [0, 0.1) is 23.1 Å². The molecule has 332 valence electrons. The number of methoxy groups -OCH3 is 1. The zero-order valence-electron chi connectivity index (χ0n) is 36.0. The quantitative estimate of drug-likeness (QED) is 0.211. The van der Waals surface area contributed by atoms with Crippen molar-refractivity contribution in [2.75, 3.05) is 73.4 Å². The zero-order valence-corrected chi connectivity index (χ0v) is 36.0. The van der Waals surface area contributed by atoms with Crippen LogP contribution in [-0.4, -0.2) is 110 Å². The van der Waals surface area contributed by atoms with Gasteiger partial charge in [0.2, 0.25) is 17.8 Å². The number of rotatable bonds is 10. The number of anilines is 5. The maximum atomic E-state index is 15.4. The first kappa shape index (κ1) is 43.2. The van der Waals surface area contributed by atoms with Crippen LogP contribution in [0.3, 0.4) is 0 Å². The number of imide groups is 1. The SMILES string of the molecule is COc1cc(C(=O)NC2CC3(CCN(CC4CCN(c5ccc(C6CCC(=O)NC6=O)cc5F)CC4C)CC3)C2)ccc1Nc1ncc2c(n1)N(C(C)C)CC(F)(F)C(=O)N2C. The van der Waals surface area contributed by atoms with Gasteiger partial charge >= 0.3 is 5.92 Å². The molecule has 5 heterocycles. The van der Waals surface area contributed by atoms with Crippen LogP contribution in [0.15, 0.2) is 42.6 Å². The van der Waals surface area contributed by atoms with Crippen LogP contribution in [0.25, 0.3) is 0 Å². The zero-order chi connectivity index (χ0) is 44.1. The summed E-state index contributed by atoms with van der Waals surface area (Å²) in [6, 6.07) is 9.78. The molecule has 1 aromatic heterocycles. The summed E-state index contributed by atoms with van der Waals surface area (Å²) in [4.78, 5) is 65.6. The van der Waals surface area contributed by atoms with Gasteiger partial charge < -0.3 is 35.0 Å². The summed E-state index contributed by atoms with van der Waals surface area (Å²) in [6.07, 6.45) is 6.99. The number of carbonyl (C=O) groups is 4. The van der Waals surface area contributed by atoms with Crippen molar-refractivity contribution in [3.8, 4) is 5.75 Å². The Bertz CT molecular complexity index is 2230. The summed E-state index contributed by atoms with van der Waals surface area (Å²) in [7, 11) is 2.77. The van der Waals surface area contributed by atoms with Crippen LogP contribution in [0.4, 0.5) is 42.0 Å². The van der Waals surface area contributed by atoms with Crippen molar-refractivity contribution in [1.29, 1.82) is 0 Å². The lowest BCUT2D eigenvalue weighted by molar-refractivity contribution is -0.140. The molecule has 4 fully saturated rings. The highest BCUT2D eigenvalue weighted by atomic mass is 19.3. The number of halogens is 3. The highest BCUT2D eigenvalue weighted by Gasteiger charge is 2.48. The Balaban J connectivity index is 0.803. The van der Waals surface area contributed by atoms with E-state index in [0.29, 0.717) is 46.5 Å². The second kappa shape index (κ2) is 17.0. The van der Waals surface area contributed by atoms with E-state index in [4.69, 9.17) is 4.74 Å². The molecule has 0 radical (unpaired) electrons. The summed E-state index contributed by atoms with van der Waals surface area (Å²) in [5.74, 6) is -5.03. The summed E-state index contributed by atoms with van der Waals surface area (Å²) in [5.41, 5.74) is 2.48. The van der Waals surface area contributed by atoms with Crippen LogP contribution in [0.5, 0.6) is 5.75 Å².